The van der Waals surface area contributed by atoms with Crippen molar-refractivity contribution < 1.29 is 9.53 Å². The summed E-state index contributed by atoms with van der Waals surface area (Å²) in [7, 11) is 1.60. The molecule has 23 heavy (non-hydrogen) atoms. The summed E-state index contributed by atoms with van der Waals surface area (Å²) in [5.74, 6) is 1.50. The van der Waals surface area contributed by atoms with E-state index in [1.54, 1.807) is 31.4 Å². The third kappa shape index (κ3) is 3.60. The molecule has 0 saturated carbocycles. The summed E-state index contributed by atoms with van der Waals surface area (Å²) in [5.41, 5.74) is 0.616. The SMILES string of the molecule is COc1ccc(C(=O)NCCNc2nsc3ccccc23)cc1. The summed E-state index contributed by atoms with van der Waals surface area (Å²) in [6.45, 7) is 1.15. The Morgan fingerprint density at radius 1 is 1.13 bits per heavy atom. The number of nitrogens with zero attached hydrogens (tertiary/aromatic N) is 1. The van der Waals surface area contributed by atoms with Gasteiger partial charge in [-0.05, 0) is 47.9 Å². The van der Waals surface area contributed by atoms with Crippen LogP contribution in [0.5, 0.6) is 5.75 Å². The number of rotatable bonds is 6. The van der Waals surface area contributed by atoms with Gasteiger partial charge in [0.2, 0.25) is 0 Å². The summed E-state index contributed by atoms with van der Waals surface area (Å²) >= 11 is 1.47. The van der Waals surface area contributed by atoms with E-state index in [9.17, 15) is 4.79 Å². The van der Waals surface area contributed by atoms with Crippen LogP contribution in [0.2, 0.25) is 0 Å². The third-order valence-corrected chi connectivity index (χ3v) is 4.26. The molecule has 3 aromatic rings. The molecule has 0 aliphatic carbocycles. The first-order valence-corrected chi connectivity index (χ1v) is 8.06. The van der Waals surface area contributed by atoms with Crippen LogP contribution < -0.4 is 15.4 Å². The zero-order valence-corrected chi connectivity index (χ0v) is 13.5. The number of amides is 1. The lowest BCUT2D eigenvalue weighted by atomic mass is 10.2. The lowest BCUT2D eigenvalue weighted by Gasteiger charge is -2.07. The second-order valence-electron chi connectivity index (χ2n) is 4.94. The minimum Gasteiger partial charge on any atom is -0.497 e. The first kappa shape index (κ1) is 15.3. The largest absolute Gasteiger partial charge is 0.497 e. The number of hydrogen-bond acceptors (Lipinski definition) is 5. The van der Waals surface area contributed by atoms with E-state index in [-0.39, 0.29) is 5.91 Å². The van der Waals surface area contributed by atoms with Gasteiger partial charge in [0, 0.05) is 24.0 Å². The van der Waals surface area contributed by atoms with Gasteiger partial charge in [-0.3, -0.25) is 4.79 Å². The number of carbonyl (C=O) groups is 1. The van der Waals surface area contributed by atoms with Crippen molar-refractivity contribution in [2.45, 2.75) is 0 Å². The molecule has 0 spiro atoms. The van der Waals surface area contributed by atoms with Crippen molar-refractivity contribution in [2.75, 3.05) is 25.5 Å². The van der Waals surface area contributed by atoms with Crippen LogP contribution in [0.1, 0.15) is 10.4 Å². The molecule has 0 bridgehead atoms. The first-order valence-electron chi connectivity index (χ1n) is 7.28. The van der Waals surface area contributed by atoms with Crippen molar-refractivity contribution in [2.24, 2.45) is 0 Å². The highest BCUT2D eigenvalue weighted by Crippen LogP contribution is 2.25. The topological polar surface area (TPSA) is 63.2 Å². The number of carbonyl (C=O) groups excluding carboxylic acids is 1. The summed E-state index contributed by atoms with van der Waals surface area (Å²) in [4.78, 5) is 12.0. The van der Waals surface area contributed by atoms with Crippen LogP contribution in [0, 0.1) is 0 Å². The Bertz CT molecular complexity index is 799. The molecule has 0 radical (unpaired) electrons. The van der Waals surface area contributed by atoms with Crippen LogP contribution >= 0.6 is 11.5 Å². The van der Waals surface area contributed by atoms with E-state index in [0.29, 0.717) is 18.7 Å². The van der Waals surface area contributed by atoms with Crippen molar-refractivity contribution in [3.63, 3.8) is 0 Å². The average molecular weight is 327 g/mol. The molecule has 6 heteroatoms. The standard InChI is InChI=1S/C17H17N3O2S/c1-22-13-8-6-12(7-9-13)17(21)19-11-10-18-16-14-4-2-3-5-15(14)23-20-16/h2-9H,10-11H2,1H3,(H,18,20)(H,19,21). The average Bonchev–Trinajstić information content (AvgIpc) is 3.02. The number of hydrogen-bond donors (Lipinski definition) is 2. The molecule has 0 atom stereocenters. The van der Waals surface area contributed by atoms with E-state index < -0.39 is 0 Å². The fraction of sp³-hybridized carbons (Fsp3) is 0.176. The van der Waals surface area contributed by atoms with Gasteiger partial charge in [-0.2, -0.15) is 4.37 Å². The molecule has 0 fully saturated rings. The van der Waals surface area contributed by atoms with Crippen LogP contribution in [-0.2, 0) is 0 Å². The summed E-state index contributed by atoms with van der Waals surface area (Å²) < 4.78 is 10.6. The van der Waals surface area contributed by atoms with Crippen molar-refractivity contribution in [3.8, 4) is 5.75 Å². The van der Waals surface area contributed by atoms with E-state index in [0.717, 1.165) is 21.7 Å². The number of ether oxygens (including phenoxy) is 1. The second-order valence-corrected chi connectivity index (χ2v) is 5.74. The lowest BCUT2D eigenvalue weighted by Crippen LogP contribution is -2.28. The van der Waals surface area contributed by atoms with E-state index >= 15 is 0 Å². The maximum atomic E-state index is 12.0. The van der Waals surface area contributed by atoms with E-state index in [2.05, 4.69) is 15.0 Å². The fourth-order valence-corrected chi connectivity index (χ4v) is 2.97. The molecule has 0 saturated heterocycles. The molecule has 2 aromatic carbocycles. The highest BCUT2D eigenvalue weighted by molar-refractivity contribution is 7.13. The minimum atomic E-state index is -0.0995. The van der Waals surface area contributed by atoms with Gasteiger partial charge in [0.05, 0.1) is 11.8 Å². The monoisotopic (exact) mass is 327 g/mol. The molecule has 0 aliphatic heterocycles. The second kappa shape index (κ2) is 7.11. The highest BCUT2D eigenvalue weighted by Gasteiger charge is 2.06. The van der Waals surface area contributed by atoms with Gasteiger partial charge in [0.15, 0.2) is 0 Å². The number of fused-ring (bicyclic) bond motifs is 1. The van der Waals surface area contributed by atoms with Gasteiger partial charge in [-0.25, -0.2) is 0 Å². The van der Waals surface area contributed by atoms with Gasteiger partial charge < -0.3 is 15.4 Å². The predicted molar refractivity (Wildman–Crippen MR) is 93.4 cm³/mol. The molecule has 0 unspecified atom stereocenters. The third-order valence-electron chi connectivity index (χ3n) is 3.43. The minimum absolute atomic E-state index is 0.0995. The Hall–Kier alpha value is -2.60. The summed E-state index contributed by atoms with van der Waals surface area (Å²) in [5, 5.41) is 7.25. The Balaban J connectivity index is 1.50. The maximum Gasteiger partial charge on any atom is 0.251 e. The number of methoxy groups -OCH3 is 1. The number of anilines is 1. The molecule has 2 N–H and O–H groups in total. The number of nitrogens with one attached hydrogen (secondary N) is 2. The first-order chi connectivity index (χ1) is 11.3. The van der Waals surface area contributed by atoms with Crippen molar-refractivity contribution >= 4 is 33.3 Å². The van der Waals surface area contributed by atoms with Gasteiger partial charge in [0.1, 0.15) is 11.6 Å². The number of benzene rings is 2. The van der Waals surface area contributed by atoms with Crippen molar-refractivity contribution in [1.82, 2.24) is 9.69 Å². The Morgan fingerprint density at radius 3 is 2.70 bits per heavy atom. The predicted octanol–water partition coefficient (Wildman–Crippen LogP) is 3.15. The van der Waals surface area contributed by atoms with Crippen molar-refractivity contribution in [1.29, 1.82) is 0 Å². The van der Waals surface area contributed by atoms with Crippen LogP contribution in [0.3, 0.4) is 0 Å². The Morgan fingerprint density at radius 2 is 1.91 bits per heavy atom. The zero-order chi connectivity index (χ0) is 16.1. The smallest absolute Gasteiger partial charge is 0.251 e. The van der Waals surface area contributed by atoms with Gasteiger partial charge in [-0.15, -0.1) is 0 Å². The summed E-state index contributed by atoms with van der Waals surface area (Å²) in [6, 6.07) is 15.1. The molecular weight excluding hydrogens is 310 g/mol. The molecule has 1 aromatic heterocycles. The van der Waals surface area contributed by atoms with Crippen LogP contribution in [0.4, 0.5) is 5.82 Å². The molecule has 5 nitrogen and oxygen atoms in total. The fourth-order valence-electron chi connectivity index (χ4n) is 2.21. The molecule has 0 aliphatic rings. The zero-order valence-electron chi connectivity index (χ0n) is 12.7. The van der Waals surface area contributed by atoms with Crippen LogP contribution in [0.15, 0.2) is 48.5 Å². The lowest BCUT2D eigenvalue weighted by molar-refractivity contribution is 0.0955. The van der Waals surface area contributed by atoms with E-state index in [1.165, 1.54) is 11.5 Å². The van der Waals surface area contributed by atoms with Gasteiger partial charge in [0.25, 0.3) is 5.91 Å². The Kier molecular flexibility index (Phi) is 4.73. The molecule has 1 heterocycles. The molecule has 1 amide bonds. The quantitative estimate of drug-likeness (QED) is 0.683. The highest BCUT2D eigenvalue weighted by atomic mass is 32.1. The van der Waals surface area contributed by atoms with Gasteiger partial charge >= 0.3 is 0 Å². The van der Waals surface area contributed by atoms with Crippen LogP contribution in [-0.4, -0.2) is 30.5 Å². The summed E-state index contributed by atoms with van der Waals surface area (Å²) in [6.07, 6.45) is 0. The molecule has 118 valence electrons. The number of aromatic nitrogens is 1. The van der Waals surface area contributed by atoms with Crippen LogP contribution in [0.25, 0.3) is 10.1 Å². The van der Waals surface area contributed by atoms with E-state index in [4.69, 9.17) is 4.74 Å². The maximum absolute atomic E-state index is 12.0. The molecular formula is C17H17N3O2S. The Labute approximate surface area is 138 Å². The van der Waals surface area contributed by atoms with Gasteiger partial charge in [-0.1, -0.05) is 12.1 Å². The van der Waals surface area contributed by atoms with E-state index in [1.807, 2.05) is 24.3 Å². The normalized spacial score (nSPS) is 10.5. The molecule has 3 rings (SSSR count). The van der Waals surface area contributed by atoms with Crippen molar-refractivity contribution in [3.05, 3.63) is 54.1 Å².